The van der Waals surface area contributed by atoms with Crippen LogP contribution in [-0.4, -0.2) is 36.7 Å². The zero-order valence-electron chi connectivity index (χ0n) is 13.7. The van der Waals surface area contributed by atoms with E-state index < -0.39 is 20.9 Å². The van der Waals surface area contributed by atoms with Gasteiger partial charge in [-0.25, -0.2) is 13.2 Å². The van der Waals surface area contributed by atoms with Crippen molar-refractivity contribution >= 4 is 21.7 Å². The van der Waals surface area contributed by atoms with Gasteiger partial charge in [0.25, 0.3) is 5.69 Å². The minimum absolute atomic E-state index is 0.110. The van der Waals surface area contributed by atoms with Crippen molar-refractivity contribution in [3.05, 3.63) is 64.2 Å². The van der Waals surface area contributed by atoms with Crippen molar-refractivity contribution in [2.75, 3.05) is 13.1 Å². The molecule has 0 spiro atoms. The van der Waals surface area contributed by atoms with Crippen LogP contribution in [0.5, 0.6) is 5.75 Å². The molecule has 26 heavy (non-hydrogen) atoms. The van der Waals surface area contributed by atoms with Gasteiger partial charge >= 0.3 is 5.97 Å². The minimum atomic E-state index is -3.54. The molecular weight excluding hydrogens is 360 g/mol. The number of rotatable bonds is 5. The Morgan fingerprint density at radius 2 is 1.58 bits per heavy atom. The summed E-state index contributed by atoms with van der Waals surface area (Å²) in [5, 5.41) is 10.6. The van der Waals surface area contributed by atoms with E-state index in [1.54, 1.807) is 0 Å². The number of hydrogen-bond acceptors (Lipinski definition) is 6. The molecule has 136 valence electrons. The van der Waals surface area contributed by atoms with Gasteiger partial charge in [0.1, 0.15) is 5.75 Å². The fourth-order valence-electron chi connectivity index (χ4n) is 2.64. The highest BCUT2D eigenvalue weighted by atomic mass is 32.2. The molecule has 0 aliphatic carbocycles. The van der Waals surface area contributed by atoms with E-state index in [0.717, 1.165) is 12.8 Å². The number of esters is 1. The highest BCUT2D eigenvalue weighted by molar-refractivity contribution is 7.89. The van der Waals surface area contributed by atoms with Gasteiger partial charge in [0.15, 0.2) is 0 Å². The molecule has 0 atom stereocenters. The average Bonchev–Trinajstić information content (AvgIpc) is 3.18. The third-order valence-corrected chi connectivity index (χ3v) is 5.96. The summed E-state index contributed by atoms with van der Waals surface area (Å²) in [6, 6.07) is 10.6. The number of non-ortho nitro benzene ring substituents is 1. The second kappa shape index (κ2) is 7.22. The Kier molecular flexibility index (Phi) is 5.01. The predicted molar refractivity (Wildman–Crippen MR) is 92.5 cm³/mol. The van der Waals surface area contributed by atoms with E-state index >= 15 is 0 Å². The molecule has 1 fully saturated rings. The van der Waals surface area contributed by atoms with Gasteiger partial charge < -0.3 is 4.74 Å². The smallest absolute Gasteiger partial charge is 0.343 e. The summed E-state index contributed by atoms with van der Waals surface area (Å²) in [5.74, 6) is -0.515. The maximum Gasteiger partial charge on any atom is 0.343 e. The van der Waals surface area contributed by atoms with E-state index in [4.69, 9.17) is 4.74 Å². The molecule has 2 aromatic carbocycles. The van der Waals surface area contributed by atoms with Crippen molar-refractivity contribution in [2.24, 2.45) is 0 Å². The molecule has 1 aliphatic rings. The number of nitro benzene ring substituents is 1. The van der Waals surface area contributed by atoms with Gasteiger partial charge in [0, 0.05) is 25.2 Å². The molecule has 1 saturated heterocycles. The first kappa shape index (κ1) is 18.0. The number of nitro groups is 1. The maximum atomic E-state index is 12.4. The molecule has 8 nitrogen and oxygen atoms in total. The van der Waals surface area contributed by atoms with Gasteiger partial charge in [-0.1, -0.05) is 0 Å². The Hall–Kier alpha value is -2.78. The number of ether oxygens (including phenoxy) is 1. The van der Waals surface area contributed by atoms with E-state index in [0.29, 0.717) is 13.1 Å². The summed E-state index contributed by atoms with van der Waals surface area (Å²) in [4.78, 5) is 22.3. The van der Waals surface area contributed by atoms with Crippen LogP contribution in [0, 0.1) is 10.1 Å². The summed E-state index contributed by atoms with van der Waals surface area (Å²) in [6.45, 7) is 1.01. The molecule has 3 rings (SSSR count). The average molecular weight is 376 g/mol. The summed E-state index contributed by atoms with van der Waals surface area (Å²) in [7, 11) is -3.54. The van der Waals surface area contributed by atoms with Crippen LogP contribution in [-0.2, 0) is 10.0 Å². The SMILES string of the molecule is O=C(Oc1ccc([N+](=O)[O-])cc1)c1ccc(S(=O)(=O)N2CCCC2)cc1. The zero-order valence-corrected chi connectivity index (χ0v) is 14.5. The molecule has 0 unspecified atom stereocenters. The normalized spacial score (nSPS) is 14.9. The highest BCUT2D eigenvalue weighted by Crippen LogP contribution is 2.22. The standard InChI is InChI=1S/C17H16N2O6S/c20-17(25-15-7-5-14(6-8-15)19(21)22)13-3-9-16(10-4-13)26(23,24)18-11-1-2-12-18/h3-10H,1-2,11-12H2. The summed E-state index contributed by atoms with van der Waals surface area (Å²) in [6.07, 6.45) is 1.69. The number of sulfonamides is 1. The zero-order chi connectivity index (χ0) is 18.7. The first-order valence-corrected chi connectivity index (χ1v) is 9.39. The minimum Gasteiger partial charge on any atom is -0.423 e. The number of hydrogen-bond donors (Lipinski definition) is 0. The monoisotopic (exact) mass is 376 g/mol. The number of carbonyl (C=O) groups is 1. The van der Waals surface area contributed by atoms with Crippen molar-refractivity contribution in [3.63, 3.8) is 0 Å². The number of carbonyl (C=O) groups excluding carboxylic acids is 1. The van der Waals surface area contributed by atoms with Crippen LogP contribution in [0.2, 0.25) is 0 Å². The topological polar surface area (TPSA) is 107 Å². The maximum absolute atomic E-state index is 12.4. The lowest BCUT2D eigenvalue weighted by molar-refractivity contribution is -0.384. The van der Waals surface area contributed by atoms with Gasteiger partial charge in [-0.15, -0.1) is 0 Å². The van der Waals surface area contributed by atoms with Crippen molar-refractivity contribution in [1.29, 1.82) is 0 Å². The Morgan fingerprint density at radius 1 is 1.00 bits per heavy atom. The fourth-order valence-corrected chi connectivity index (χ4v) is 4.16. The van der Waals surface area contributed by atoms with Gasteiger partial charge in [0.2, 0.25) is 10.0 Å². The quantitative estimate of drug-likeness (QED) is 0.344. The van der Waals surface area contributed by atoms with Crippen LogP contribution in [0.1, 0.15) is 23.2 Å². The molecule has 0 N–H and O–H groups in total. The largest absolute Gasteiger partial charge is 0.423 e. The Balaban J connectivity index is 1.71. The van der Waals surface area contributed by atoms with Crippen LogP contribution in [0.15, 0.2) is 53.4 Å². The first-order chi connectivity index (χ1) is 12.4. The highest BCUT2D eigenvalue weighted by Gasteiger charge is 2.27. The molecule has 0 aromatic heterocycles. The molecule has 0 saturated carbocycles. The fraction of sp³-hybridized carbons (Fsp3) is 0.235. The summed E-state index contributed by atoms with van der Waals surface area (Å²) < 4.78 is 31.5. The van der Waals surface area contributed by atoms with Gasteiger partial charge in [0.05, 0.1) is 15.4 Å². The van der Waals surface area contributed by atoms with Crippen LogP contribution in [0.25, 0.3) is 0 Å². The van der Waals surface area contributed by atoms with E-state index in [1.165, 1.54) is 52.8 Å². The molecule has 9 heteroatoms. The lowest BCUT2D eigenvalue weighted by Crippen LogP contribution is -2.27. The van der Waals surface area contributed by atoms with E-state index in [-0.39, 0.29) is 21.9 Å². The second-order valence-corrected chi connectivity index (χ2v) is 7.71. The van der Waals surface area contributed by atoms with Crippen molar-refractivity contribution in [1.82, 2.24) is 4.31 Å². The molecule has 1 heterocycles. The molecule has 1 aliphatic heterocycles. The second-order valence-electron chi connectivity index (χ2n) is 5.78. The predicted octanol–water partition coefficient (Wildman–Crippen LogP) is 2.60. The van der Waals surface area contributed by atoms with E-state index in [2.05, 4.69) is 0 Å². The summed E-state index contributed by atoms with van der Waals surface area (Å²) >= 11 is 0. The van der Waals surface area contributed by atoms with Gasteiger partial charge in [-0.3, -0.25) is 10.1 Å². The lowest BCUT2D eigenvalue weighted by atomic mass is 10.2. The van der Waals surface area contributed by atoms with E-state index in [1.807, 2.05) is 0 Å². The van der Waals surface area contributed by atoms with Crippen LogP contribution >= 0.6 is 0 Å². The molecule has 0 amide bonds. The Morgan fingerprint density at radius 3 is 2.12 bits per heavy atom. The van der Waals surface area contributed by atoms with Gasteiger partial charge in [-0.05, 0) is 49.2 Å². The van der Waals surface area contributed by atoms with Crippen molar-refractivity contribution < 1.29 is 22.9 Å². The number of nitrogens with zero attached hydrogens (tertiary/aromatic N) is 2. The van der Waals surface area contributed by atoms with Crippen LogP contribution in [0.4, 0.5) is 5.69 Å². The molecular formula is C17H16N2O6S. The molecule has 2 aromatic rings. The van der Waals surface area contributed by atoms with E-state index in [9.17, 15) is 23.3 Å². The first-order valence-electron chi connectivity index (χ1n) is 7.95. The lowest BCUT2D eigenvalue weighted by Gasteiger charge is -2.15. The Labute approximate surface area is 150 Å². The number of benzene rings is 2. The molecule has 0 bridgehead atoms. The third kappa shape index (κ3) is 3.73. The third-order valence-electron chi connectivity index (χ3n) is 4.05. The van der Waals surface area contributed by atoms with Crippen LogP contribution < -0.4 is 4.74 Å². The van der Waals surface area contributed by atoms with Gasteiger partial charge in [-0.2, -0.15) is 4.31 Å². The summed E-state index contributed by atoms with van der Waals surface area (Å²) in [5.41, 5.74) is 0.0741. The Bertz CT molecular complexity index is 917. The van der Waals surface area contributed by atoms with Crippen molar-refractivity contribution in [2.45, 2.75) is 17.7 Å². The van der Waals surface area contributed by atoms with Crippen molar-refractivity contribution in [3.8, 4) is 5.75 Å². The molecule has 0 radical (unpaired) electrons. The van der Waals surface area contributed by atoms with Crippen LogP contribution in [0.3, 0.4) is 0 Å².